The zero-order valence-electron chi connectivity index (χ0n) is 11.1. The van der Waals surface area contributed by atoms with E-state index in [1.165, 1.54) is 6.07 Å². The summed E-state index contributed by atoms with van der Waals surface area (Å²) in [5, 5.41) is 2.67. The molecule has 0 saturated heterocycles. The minimum atomic E-state index is -0.929. The molecule has 6 heteroatoms. The molecule has 1 rings (SSSR count). The quantitative estimate of drug-likeness (QED) is 0.896. The molecular formula is C13H19ClF2N2O. The Morgan fingerprint density at radius 3 is 2.26 bits per heavy atom. The third-order valence-electron chi connectivity index (χ3n) is 2.82. The average Bonchev–Trinajstić information content (AvgIpc) is 2.31. The van der Waals surface area contributed by atoms with Gasteiger partial charge in [0.15, 0.2) is 11.6 Å². The van der Waals surface area contributed by atoms with Crippen LogP contribution in [0.5, 0.6) is 0 Å². The molecule has 0 spiro atoms. The van der Waals surface area contributed by atoms with Crippen molar-refractivity contribution in [1.82, 2.24) is 5.32 Å². The molecule has 2 atom stereocenters. The number of rotatable bonds is 4. The molecule has 3 nitrogen and oxygen atoms in total. The minimum Gasteiger partial charge on any atom is -0.348 e. The van der Waals surface area contributed by atoms with Crippen LogP contribution in [0.15, 0.2) is 18.2 Å². The topological polar surface area (TPSA) is 55.1 Å². The number of nitrogens with one attached hydrogen (secondary N) is 1. The average molecular weight is 293 g/mol. The Morgan fingerprint density at radius 1 is 1.21 bits per heavy atom. The molecule has 1 aromatic rings. The van der Waals surface area contributed by atoms with Crippen molar-refractivity contribution in [3.05, 3.63) is 35.4 Å². The van der Waals surface area contributed by atoms with Gasteiger partial charge in [-0.15, -0.1) is 12.4 Å². The highest BCUT2D eigenvalue weighted by atomic mass is 35.5. The monoisotopic (exact) mass is 292 g/mol. The molecule has 0 aliphatic rings. The summed E-state index contributed by atoms with van der Waals surface area (Å²) in [6.45, 7) is 5.37. The summed E-state index contributed by atoms with van der Waals surface area (Å²) in [5.74, 6) is -2.12. The zero-order chi connectivity index (χ0) is 13.9. The Bertz CT molecular complexity index is 441. The lowest BCUT2D eigenvalue weighted by molar-refractivity contribution is -0.123. The Balaban J connectivity index is 0.00000324. The summed E-state index contributed by atoms with van der Waals surface area (Å²) in [5.41, 5.74) is 6.19. The van der Waals surface area contributed by atoms with Crippen LogP contribution in [0.1, 0.15) is 32.4 Å². The van der Waals surface area contributed by atoms with E-state index < -0.39 is 23.7 Å². The second-order valence-electron chi connectivity index (χ2n) is 4.67. The lowest BCUT2D eigenvalue weighted by Crippen LogP contribution is -2.44. The van der Waals surface area contributed by atoms with E-state index >= 15 is 0 Å². The number of halogens is 3. The number of hydrogen-bond acceptors (Lipinski definition) is 2. The van der Waals surface area contributed by atoms with Crippen molar-refractivity contribution in [2.45, 2.75) is 32.9 Å². The van der Waals surface area contributed by atoms with Crippen molar-refractivity contribution < 1.29 is 13.6 Å². The highest BCUT2D eigenvalue weighted by Crippen LogP contribution is 2.16. The van der Waals surface area contributed by atoms with Crippen molar-refractivity contribution in [2.24, 2.45) is 11.7 Å². The van der Waals surface area contributed by atoms with E-state index in [1.807, 2.05) is 13.8 Å². The SMILES string of the molecule is CC(NC(=O)C(N)C(C)C)c1ccc(F)c(F)c1.Cl. The molecule has 108 valence electrons. The van der Waals surface area contributed by atoms with Gasteiger partial charge in [-0.3, -0.25) is 4.79 Å². The Labute approximate surface area is 118 Å². The number of carbonyl (C=O) groups excluding carboxylic acids is 1. The van der Waals surface area contributed by atoms with Crippen molar-refractivity contribution in [2.75, 3.05) is 0 Å². The molecular weight excluding hydrogens is 274 g/mol. The lowest BCUT2D eigenvalue weighted by Gasteiger charge is -2.20. The largest absolute Gasteiger partial charge is 0.348 e. The van der Waals surface area contributed by atoms with Crippen LogP contribution in [0, 0.1) is 17.6 Å². The number of nitrogens with two attached hydrogens (primary N) is 1. The first-order valence-corrected chi connectivity index (χ1v) is 5.83. The van der Waals surface area contributed by atoms with Gasteiger partial charge in [-0.05, 0) is 30.5 Å². The second-order valence-corrected chi connectivity index (χ2v) is 4.67. The van der Waals surface area contributed by atoms with Crippen LogP contribution in [0.4, 0.5) is 8.78 Å². The maximum absolute atomic E-state index is 13.1. The first-order valence-electron chi connectivity index (χ1n) is 5.83. The van der Waals surface area contributed by atoms with Gasteiger partial charge < -0.3 is 11.1 Å². The molecule has 1 aromatic carbocycles. The Morgan fingerprint density at radius 2 is 1.79 bits per heavy atom. The highest BCUT2D eigenvalue weighted by Gasteiger charge is 2.19. The molecule has 0 heterocycles. The van der Waals surface area contributed by atoms with Gasteiger partial charge in [-0.1, -0.05) is 19.9 Å². The fourth-order valence-corrected chi connectivity index (χ4v) is 1.48. The zero-order valence-corrected chi connectivity index (χ0v) is 11.9. The predicted molar refractivity (Wildman–Crippen MR) is 73.0 cm³/mol. The molecule has 0 aliphatic carbocycles. The molecule has 0 bridgehead atoms. The van der Waals surface area contributed by atoms with E-state index in [0.29, 0.717) is 5.56 Å². The summed E-state index contributed by atoms with van der Waals surface area (Å²) in [6.07, 6.45) is 0. The van der Waals surface area contributed by atoms with Gasteiger partial charge in [0, 0.05) is 0 Å². The highest BCUT2D eigenvalue weighted by molar-refractivity contribution is 5.85. The number of benzene rings is 1. The molecule has 0 fully saturated rings. The predicted octanol–water partition coefficient (Wildman–Crippen LogP) is 2.55. The van der Waals surface area contributed by atoms with Gasteiger partial charge >= 0.3 is 0 Å². The summed E-state index contributed by atoms with van der Waals surface area (Å²) in [6, 6.07) is 2.51. The van der Waals surface area contributed by atoms with Crippen LogP contribution in [-0.2, 0) is 4.79 Å². The number of amides is 1. The van der Waals surface area contributed by atoms with Gasteiger partial charge in [0.25, 0.3) is 0 Å². The fourth-order valence-electron chi connectivity index (χ4n) is 1.48. The molecule has 0 aromatic heterocycles. The van der Waals surface area contributed by atoms with Gasteiger partial charge in [0.1, 0.15) is 0 Å². The van der Waals surface area contributed by atoms with Gasteiger partial charge in [-0.2, -0.15) is 0 Å². The third kappa shape index (κ3) is 4.76. The molecule has 1 amide bonds. The van der Waals surface area contributed by atoms with E-state index in [1.54, 1.807) is 6.92 Å². The summed E-state index contributed by atoms with van der Waals surface area (Å²) >= 11 is 0. The maximum atomic E-state index is 13.1. The van der Waals surface area contributed by atoms with Crippen LogP contribution in [-0.4, -0.2) is 11.9 Å². The van der Waals surface area contributed by atoms with Gasteiger partial charge in [0.2, 0.25) is 5.91 Å². The standard InChI is InChI=1S/C13H18F2N2O.ClH/c1-7(2)12(16)13(18)17-8(3)9-4-5-10(14)11(15)6-9;/h4-8,12H,16H2,1-3H3,(H,17,18);1H. The number of hydrogen-bond donors (Lipinski definition) is 2. The van der Waals surface area contributed by atoms with Crippen LogP contribution >= 0.6 is 12.4 Å². The molecule has 3 N–H and O–H groups in total. The van der Waals surface area contributed by atoms with E-state index in [9.17, 15) is 13.6 Å². The van der Waals surface area contributed by atoms with Crippen molar-refractivity contribution in [1.29, 1.82) is 0 Å². The van der Waals surface area contributed by atoms with Crippen molar-refractivity contribution in [3.8, 4) is 0 Å². The van der Waals surface area contributed by atoms with Crippen LogP contribution in [0.25, 0.3) is 0 Å². The van der Waals surface area contributed by atoms with Crippen LogP contribution in [0.3, 0.4) is 0 Å². The molecule has 0 saturated carbocycles. The molecule has 0 aliphatic heterocycles. The minimum absolute atomic E-state index is 0. The van der Waals surface area contributed by atoms with Gasteiger partial charge in [-0.25, -0.2) is 8.78 Å². The summed E-state index contributed by atoms with van der Waals surface area (Å²) < 4.78 is 25.8. The second kappa shape index (κ2) is 7.40. The molecule has 19 heavy (non-hydrogen) atoms. The molecule has 2 unspecified atom stereocenters. The van der Waals surface area contributed by atoms with Crippen molar-refractivity contribution >= 4 is 18.3 Å². The maximum Gasteiger partial charge on any atom is 0.237 e. The Hall–Kier alpha value is -1.20. The lowest BCUT2D eigenvalue weighted by atomic mass is 10.0. The van der Waals surface area contributed by atoms with E-state index in [-0.39, 0.29) is 24.2 Å². The van der Waals surface area contributed by atoms with Crippen LogP contribution in [0.2, 0.25) is 0 Å². The first-order chi connectivity index (χ1) is 8.32. The molecule has 0 radical (unpaired) electrons. The normalized spacial score (nSPS) is 13.6. The summed E-state index contributed by atoms with van der Waals surface area (Å²) in [7, 11) is 0. The number of carbonyl (C=O) groups is 1. The summed E-state index contributed by atoms with van der Waals surface area (Å²) in [4.78, 5) is 11.7. The van der Waals surface area contributed by atoms with E-state index in [4.69, 9.17) is 5.73 Å². The van der Waals surface area contributed by atoms with Crippen LogP contribution < -0.4 is 11.1 Å². The fraction of sp³-hybridized carbons (Fsp3) is 0.462. The smallest absolute Gasteiger partial charge is 0.237 e. The third-order valence-corrected chi connectivity index (χ3v) is 2.82. The first kappa shape index (κ1) is 17.8. The van der Waals surface area contributed by atoms with E-state index in [2.05, 4.69) is 5.32 Å². The van der Waals surface area contributed by atoms with E-state index in [0.717, 1.165) is 12.1 Å². The van der Waals surface area contributed by atoms with Crippen molar-refractivity contribution in [3.63, 3.8) is 0 Å². The Kier molecular flexibility index (Phi) is 6.94. The van der Waals surface area contributed by atoms with Gasteiger partial charge in [0.05, 0.1) is 12.1 Å².